The number of aliphatic hydroxyl groups is 1. The van der Waals surface area contributed by atoms with Crippen molar-refractivity contribution >= 4 is 32.6 Å². The molecule has 10 heteroatoms. The molecule has 0 amide bonds. The van der Waals surface area contributed by atoms with Crippen molar-refractivity contribution in [2.45, 2.75) is 25.9 Å². The number of anilines is 1. The Labute approximate surface area is 192 Å². The van der Waals surface area contributed by atoms with Crippen LogP contribution in [0.4, 0.5) is 5.69 Å². The summed E-state index contributed by atoms with van der Waals surface area (Å²) in [6.45, 7) is 3.11. The monoisotopic (exact) mass is 475 g/mol. The number of carboxylic acid groups (broad SMARTS) is 1. The van der Waals surface area contributed by atoms with Crippen LogP contribution >= 0.6 is 0 Å². The number of ether oxygens (including phenoxy) is 1. The number of benzene rings is 2. The molecular formula is C23H29N3O6S. The van der Waals surface area contributed by atoms with E-state index in [0.29, 0.717) is 36.6 Å². The predicted molar refractivity (Wildman–Crippen MR) is 127 cm³/mol. The summed E-state index contributed by atoms with van der Waals surface area (Å²) < 4.78 is 30.9. The molecule has 1 heterocycles. The highest BCUT2D eigenvalue weighted by Gasteiger charge is 2.12. The number of H-pyrrole nitrogens is 1. The molecule has 0 aliphatic rings. The van der Waals surface area contributed by atoms with Crippen molar-refractivity contribution in [3.8, 4) is 5.75 Å². The normalized spacial score (nSPS) is 12.6. The second kappa shape index (κ2) is 10.7. The van der Waals surface area contributed by atoms with Gasteiger partial charge in [-0.15, -0.1) is 0 Å². The fourth-order valence-corrected chi connectivity index (χ4v) is 4.19. The lowest BCUT2D eigenvalue weighted by atomic mass is 10.1. The maximum Gasteiger partial charge on any atom is 0.303 e. The van der Waals surface area contributed by atoms with E-state index in [0.717, 1.165) is 28.4 Å². The quantitative estimate of drug-likeness (QED) is 0.254. The lowest BCUT2D eigenvalue weighted by Gasteiger charge is -2.14. The van der Waals surface area contributed by atoms with Gasteiger partial charge in [-0.05, 0) is 48.7 Å². The van der Waals surface area contributed by atoms with Crippen LogP contribution in [0, 0.1) is 6.92 Å². The van der Waals surface area contributed by atoms with Crippen LogP contribution in [0.3, 0.4) is 0 Å². The highest BCUT2D eigenvalue weighted by atomic mass is 32.2. The van der Waals surface area contributed by atoms with Gasteiger partial charge in [0.25, 0.3) is 0 Å². The number of aliphatic carboxylic acids is 1. The molecule has 0 radical (unpaired) electrons. The zero-order valence-corrected chi connectivity index (χ0v) is 19.4. The minimum atomic E-state index is -3.38. The molecule has 0 saturated heterocycles. The molecule has 0 saturated carbocycles. The number of fused-ring (bicyclic) bond motifs is 1. The molecule has 0 bridgehead atoms. The van der Waals surface area contributed by atoms with E-state index in [1.165, 1.54) is 0 Å². The standard InChI is InChI=1S/C23H29N3O6S/c1-15-19(8-9-23(28)29)20-7-6-18(13-21(20)25-15)32-11-10-24-14-22(27)16-4-3-5-17(12-16)26-33(2,30)31/h3-7,12-13,22,24-27H,8-11,14H2,1-2H3,(H,28,29)/t22-/m0/s1. The van der Waals surface area contributed by atoms with Crippen LogP contribution in [0.15, 0.2) is 42.5 Å². The van der Waals surface area contributed by atoms with Crippen LogP contribution in [0.5, 0.6) is 5.75 Å². The molecule has 1 aromatic heterocycles. The number of hydrogen-bond acceptors (Lipinski definition) is 6. The third-order valence-electron chi connectivity index (χ3n) is 5.14. The minimum Gasteiger partial charge on any atom is -0.492 e. The van der Waals surface area contributed by atoms with Gasteiger partial charge in [-0.2, -0.15) is 0 Å². The maximum atomic E-state index is 11.4. The summed E-state index contributed by atoms with van der Waals surface area (Å²) in [6, 6.07) is 12.3. The average molecular weight is 476 g/mol. The van der Waals surface area contributed by atoms with Gasteiger partial charge < -0.3 is 25.3 Å². The molecule has 0 unspecified atom stereocenters. The molecule has 0 aliphatic heterocycles. The van der Waals surface area contributed by atoms with Gasteiger partial charge in [-0.3, -0.25) is 9.52 Å². The van der Waals surface area contributed by atoms with Crippen molar-refractivity contribution < 1.29 is 28.2 Å². The topological polar surface area (TPSA) is 141 Å². The Morgan fingerprint density at radius 2 is 2.00 bits per heavy atom. The first-order valence-electron chi connectivity index (χ1n) is 10.5. The van der Waals surface area contributed by atoms with Crippen LogP contribution in [-0.2, 0) is 21.2 Å². The Morgan fingerprint density at radius 3 is 2.73 bits per heavy atom. The second-order valence-electron chi connectivity index (χ2n) is 7.90. The summed E-state index contributed by atoms with van der Waals surface area (Å²) >= 11 is 0. The number of aryl methyl sites for hydroxylation is 2. The third kappa shape index (κ3) is 7.21. The molecule has 3 aromatic rings. The Kier molecular flexibility index (Phi) is 7.96. The summed E-state index contributed by atoms with van der Waals surface area (Å²) in [7, 11) is -3.38. The van der Waals surface area contributed by atoms with Crippen LogP contribution in [-0.4, -0.2) is 55.5 Å². The fourth-order valence-electron chi connectivity index (χ4n) is 3.63. The Hall–Kier alpha value is -3.08. The van der Waals surface area contributed by atoms with Crippen molar-refractivity contribution in [3.63, 3.8) is 0 Å². The number of sulfonamides is 1. The summed E-state index contributed by atoms with van der Waals surface area (Å²) in [5.74, 6) is -0.130. The van der Waals surface area contributed by atoms with Gasteiger partial charge in [0.05, 0.1) is 12.4 Å². The Bertz CT molecular complexity index is 1220. The van der Waals surface area contributed by atoms with E-state index in [1.54, 1.807) is 24.3 Å². The van der Waals surface area contributed by atoms with E-state index in [4.69, 9.17) is 9.84 Å². The van der Waals surface area contributed by atoms with Crippen LogP contribution in [0.25, 0.3) is 10.9 Å². The number of aliphatic hydroxyl groups excluding tert-OH is 1. The Balaban J connectivity index is 1.48. The molecule has 33 heavy (non-hydrogen) atoms. The highest BCUT2D eigenvalue weighted by molar-refractivity contribution is 7.92. The van der Waals surface area contributed by atoms with Crippen molar-refractivity contribution in [3.05, 3.63) is 59.3 Å². The molecule has 178 valence electrons. The molecule has 5 N–H and O–H groups in total. The number of rotatable bonds is 12. The molecule has 2 aromatic carbocycles. The van der Waals surface area contributed by atoms with Gasteiger partial charge >= 0.3 is 5.97 Å². The SMILES string of the molecule is Cc1[nH]c2cc(OCCNC[C@H](O)c3cccc(NS(C)(=O)=O)c3)ccc2c1CCC(=O)O. The molecule has 0 fully saturated rings. The van der Waals surface area contributed by atoms with E-state index in [-0.39, 0.29) is 13.0 Å². The molecule has 0 aliphatic carbocycles. The molecule has 9 nitrogen and oxygen atoms in total. The Morgan fingerprint density at radius 1 is 1.21 bits per heavy atom. The second-order valence-corrected chi connectivity index (χ2v) is 9.65. The lowest BCUT2D eigenvalue weighted by molar-refractivity contribution is -0.136. The van der Waals surface area contributed by atoms with Crippen molar-refractivity contribution in [1.82, 2.24) is 10.3 Å². The minimum absolute atomic E-state index is 0.0854. The molecular weight excluding hydrogens is 446 g/mol. The van der Waals surface area contributed by atoms with Gasteiger partial charge in [0, 0.05) is 47.9 Å². The summed E-state index contributed by atoms with van der Waals surface area (Å²) in [5.41, 5.74) is 3.86. The van der Waals surface area contributed by atoms with Crippen molar-refractivity contribution in [2.75, 3.05) is 30.7 Å². The van der Waals surface area contributed by atoms with Crippen molar-refractivity contribution in [1.29, 1.82) is 0 Å². The summed E-state index contributed by atoms with van der Waals surface area (Å²) in [5, 5.41) is 23.4. The average Bonchev–Trinajstić information content (AvgIpc) is 3.05. The van der Waals surface area contributed by atoms with E-state index in [9.17, 15) is 18.3 Å². The fraction of sp³-hybridized carbons (Fsp3) is 0.348. The van der Waals surface area contributed by atoms with E-state index < -0.39 is 22.1 Å². The third-order valence-corrected chi connectivity index (χ3v) is 5.75. The number of hydrogen-bond donors (Lipinski definition) is 5. The first-order chi connectivity index (χ1) is 15.6. The van der Waals surface area contributed by atoms with E-state index in [2.05, 4.69) is 15.0 Å². The van der Waals surface area contributed by atoms with Crippen LogP contribution < -0.4 is 14.8 Å². The maximum absolute atomic E-state index is 11.4. The van der Waals surface area contributed by atoms with Gasteiger partial charge in [0.15, 0.2) is 0 Å². The first kappa shape index (κ1) is 24.6. The zero-order valence-electron chi connectivity index (χ0n) is 18.6. The summed E-state index contributed by atoms with van der Waals surface area (Å²) in [6.07, 6.45) is 0.835. The van der Waals surface area contributed by atoms with Gasteiger partial charge in [-0.25, -0.2) is 8.42 Å². The summed E-state index contributed by atoms with van der Waals surface area (Å²) in [4.78, 5) is 14.2. The molecule has 3 rings (SSSR count). The number of nitrogens with one attached hydrogen (secondary N) is 3. The molecule has 0 spiro atoms. The molecule has 1 atom stereocenters. The zero-order chi connectivity index (χ0) is 24.0. The van der Waals surface area contributed by atoms with E-state index in [1.807, 2.05) is 25.1 Å². The predicted octanol–water partition coefficient (Wildman–Crippen LogP) is 2.57. The lowest BCUT2D eigenvalue weighted by Crippen LogP contribution is -2.26. The van der Waals surface area contributed by atoms with Crippen molar-refractivity contribution in [2.24, 2.45) is 0 Å². The van der Waals surface area contributed by atoms with Crippen LogP contribution in [0.1, 0.15) is 29.3 Å². The van der Waals surface area contributed by atoms with E-state index >= 15 is 0 Å². The van der Waals surface area contributed by atoms with Gasteiger partial charge in [0.2, 0.25) is 10.0 Å². The number of carbonyl (C=O) groups is 1. The smallest absolute Gasteiger partial charge is 0.303 e. The number of carboxylic acids is 1. The first-order valence-corrected chi connectivity index (χ1v) is 12.4. The largest absolute Gasteiger partial charge is 0.492 e. The number of aromatic nitrogens is 1. The number of aromatic amines is 1. The van der Waals surface area contributed by atoms with Gasteiger partial charge in [-0.1, -0.05) is 12.1 Å². The van der Waals surface area contributed by atoms with Crippen LogP contribution in [0.2, 0.25) is 0 Å². The van der Waals surface area contributed by atoms with Gasteiger partial charge in [0.1, 0.15) is 12.4 Å². The highest BCUT2D eigenvalue weighted by Crippen LogP contribution is 2.27.